The Morgan fingerprint density at radius 2 is 1.93 bits per heavy atom. The minimum absolute atomic E-state index is 0.125. The van der Waals surface area contributed by atoms with Gasteiger partial charge in [0, 0.05) is 32.4 Å². The van der Waals surface area contributed by atoms with Crippen LogP contribution in [-0.4, -0.2) is 53.7 Å². The van der Waals surface area contributed by atoms with Crippen LogP contribution in [-0.2, 0) is 4.74 Å². The molecule has 1 aliphatic rings. The Hall–Kier alpha value is -3.36. The Morgan fingerprint density at radius 1 is 1.19 bits per heavy atom. The number of carbonyl (C=O) groups excluding carboxylic acids is 1. The van der Waals surface area contributed by atoms with Gasteiger partial charge in [-0.2, -0.15) is 9.97 Å². The van der Waals surface area contributed by atoms with Crippen LogP contribution in [0.5, 0.6) is 0 Å². The van der Waals surface area contributed by atoms with E-state index in [9.17, 15) is 4.79 Å². The molecule has 3 aromatic rings. The highest BCUT2D eigenvalue weighted by Crippen LogP contribution is 2.23. The van der Waals surface area contributed by atoms with Crippen LogP contribution >= 0.6 is 0 Å². The summed E-state index contributed by atoms with van der Waals surface area (Å²) in [6.45, 7) is 4.83. The molecule has 1 aromatic carbocycles. The second-order valence-electron chi connectivity index (χ2n) is 6.13. The number of anilines is 3. The maximum atomic E-state index is 11.8. The predicted molar refractivity (Wildman–Crippen MR) is 101 cm³/mol. The Balaban J connectivity index is 1.44. The molecule has 0 unspecified atom stereocenters. The van der Waals surface area contributed by atoms with Gasteiger partial charge in [-0.1, -0.05) is 12.1 Å². The van der Waals surface area contributed by atoms with Gasteiger partial charge < -0.3 is 24.7 Å². The van der Waals surface area contributed by atoms with E-state index in [0.717, 1.165) is 24.2 Å². The van der Waals surface area contributed by atoms with Crippen molar-refractivity contribution in [2.75, 3.05) is 48.3 Å². The topological polar surface area (TPSA) is 111 Å². The van der Waals surface area contributed by atoms with Gasteiger partial charge >= 0.3 is 5.97 Å². The van der Waals surface area contributed by atoms with Gasteiger partial charge in [-0.25, -0.2) is 9.78 Å². The molecule has 9 heteroatoms. The van der Waals surface area contributed by atoms with Crippen molar-refractivity contribution in [3.8, 4) is 0 Å². The number of nitrogens with two attached hydrogens (primary N) is 1. The smallest absolute Gasteiger partial charge is 0.343 e. The lowest BCUT2D eigenvalue weighted by atomic mass is 10.3. The third-order valence-electron chi connectivity index (χ3n) is 4.42. The van der Waals surface area contributed by atoms with Gasteiger partial charge in [-0.15, -0.1) is 0 Å². The van der Waals surface area contributed by atoms with Gasteiger partial charge in [-0.05, 0) is 19.1 Å². The molecular formula is C18H20N6O3. The van der Waals surface area contributed by atoms with E-state index in [4.69, 9.17) is 14.9 Å². The maximum Gasteiger partial charge on any atom is 0.343 e. The minimum atomic E-state index is -0.512. The third kappa shape index (κ3) is 3.35. The second kappa shape index (κ2) is 7.10. The number of rotatable bonds is 4. The summed E-state index contributed by atoms with van der Waals surface area (Å²) in [5.41, 5.74) is 7.72. The summed E-state index contributed by atoms with van der Waals surface area (Å²) >= 11 is 0. The van der Waals surface area contributed by atoms with Crippen molar-refractivity contribution < 1.29 is 13.9 Å². The van der Waals surface area contributed by atoms with Crippen LogP contribution in [0.15, 0.2) is 34.9 Å². The molecule has 0 bridgehead atoms. The van der Waals surface area contributed by atoms with Gasteiger partial charge in [0.1, 0.15) is 16.9 Å². The molecule has 1 saturated heterocycles. The molecule has 0 saturated carbocycles. The zero-order valence-corrected chi connectivity index (χ0v) is 15.0. The second-order valence-corrected chi connectivity index (χ2v) is 6.13. The van der Waals surface area contributed by atoms with Crippen molar-refractivity contribution in [2.45, 2.75) is 6.92 Å². The number of aromatic nitrogens is 3. The molecule has 140 valence electrons. The van der Waals surface area contributed by atoms with Gasteiger partial charge in [-0.3, -0.25) is 0 Å². The Labute approximate surface area is 155 Å². The Kier molecular flexibility index (Phi) is 4.49. The quantitative estimate of drug-likeness (QED) is 0.688. The van der Waals surface area contributed by atoms with Crippen LogP contribution in [0.2, 0.25) is 0 Å². The number of hydrogen-bond donors (Lipinski definition) is 1. The standard InChI is InChI=1S/C18H20N6O3/c1-2-26-16(25)12-11-20-17(22-15(12)19)23-7-9-24(10-8-23)18-21-13-5-3-4-6-14(13)27-18/h3-6,11H,2,7-10H2,1H3,(H2,19,20,22). The molecule has 0 atom stereocenters. The highest BCUT2D eigenvalue weighted by Gasteiger charge is 2.23. The number of nitrogen functional groups attached to an aromatic ring is 1. The van der Waals surface area contributed by atoms with E-state index in [2.05, 4.69) is 19.9 Å². The third-order valence-corrected chi connectivity index (χ3v) is 4.42. The van der Waals surface area contributed by atoms with E-state index < -0.39 is 5.97 Å². The average molecular weight is 368 g/mol. The number of ether oxygens (including phenoxy) is 1. The van der Waals surface area contributed by atoms with Gasteiger partial charge in [0.05, 0.1) is 6.61 Å². The summed E-state index contributed by atoms with van der Waals surface area (Å²) in [5, 5.41) is 0. The largest absolute Gasteiger partial charge is 0.462 e. The number of carbonyl (C=O) groups is 1. The highest BCUT2D eigenvalue weighted by molar-refractivity contribution is 5.93. The molecule has 0 radical (unpaired) electrons. The first-order chi connectivity index (χ1) is 13.2. The summed E-state index contributed by atoms with van der Waals surface area (Å²) in [6.07, 6.45) is 1.42. The van der Waals surface area contributed by atoms with Crippen LogP contribution in [0.4, 0.5) is 17.8 Å². The maximum absolute atomic E-state index is 11.8. The first kappa shape index (κ1) is 17.1. The van der Waals surface area contributed by atoms with E-state index in [0.29, 0.717) is 25.1 Å². The molecule has 0 aliphatic carbocycles. The van der Waals surface area contributed by atoms with Crippen LogP contribution in [0, 0.1) is 0 Å². The zero-order chi connectivity index (χ0) is 18.8. The van der Waals surface area contributed by atoms with Crippen molar-refractivity contribution in [2.24, 2.45) is 0 Å². The summed E-state index contributed by atoms with van der Waals surface area (Å²) in [7, 11) is 0. The van der Waals surface area contributed by atoms with Crippen molar-refractivity contribution in [3.05, 3.63) is 36.0 Å². The van der Waals surface area contributed by atoms with Crippen molar-refractivity contribution in [1.82, 2.24) is 15.0 Å². The molecule has 2 N–H and O–H groups in total. The van der Waals surface area contributed by atoms with Crippen LogP contribution < -0.4 is 15.5 Å². The molecule has 1 fully saturated rings. The lowest BCUT2D eigenvalue weighted by molar-refractivity contribution is 0.0527. The number of para-hydroxylation sites is 2. The molecule has 1 aliphatic heterocycles. The normalized spacial score (nSPS) is 14.6. The summed E-state index contributed by atoms with van der Waals surface area (Å²) in [4.78, 5) is 29.0. The first-order valence-corrected chi connectivity index (χ1v) is 8.81. The van der Waals surface area contributed by atoms with Crippen LogP contribution in [0.3, 0.4) is 0 Å². The summed E-state index contributed by atoms with van der Waals surface area (Å²) in [5.74, 6) is 0.111. The van der Waals surface area contributed by atoms with Gasteiger partial charge in [0.25, 0.3) is 6.01 Å². The monoisotopic (exact) mass is 368 g/mol. The molecular weight excluding hydrogens is 348 g/mol. The number of piperazine rings is 1. The SMILES string of the molecule is CCOC(=O)c1cnc(N2CCN(c3nc4ccccc4o3)CC2)nc1N. The molecule has 3 heterocycles. The van der Waals surface area contributed by atoms with Gasteiger partial charge in [0.2, 0.25) is 5.95 Å². The number of oxazole rings is 1. The van der Waals surface area contributed by atoms with E-state index >= 15 is 0 Å². The fourth-order valence-corrected chi connectivity index (χ4v) is 3.00. The molecule has 27 heavy (non-hydrogen) atoms. The van der Waals surface area contributed by atoms with Crippen molar-refractivity contribution in [1.29, 1.82) is 0 Å². The fraction of sp³-hybridized carbons (Fsp3) is 0.333. The van der Waals surface area contributed by atoms with Crippen molar-refractivity contribution in [3.63, 3.8) is 0 Å². The van der Waals surface area contributed by atoms with E-state index in [1.165, 1.54) is 6.20 Å². The number of fused-ring (bicyclic) bond motifs is 1. The van der Waals surface area contributed by atoms with Crippen molar-refractivity contribution >= 4 is 34.8 Å². The minimum Gasteiger partial charge on any atom is -0.462 e. The summed E-state index contributed by atoms with van der Waals surface area (Å²) in [6, 6.07) is 8.32. The molecule has 0 spiro atoms. The molecule has 4 rings (SSSR count). The first-order valence-electron chi connectivity index (χ1n) is 8.81. The molecule has 0 amide bonds. The lowest BCUT2D eigenvalue weighted by Gasteiger charge is -2.33. The van der Waals surface area contributed by atoms with E-state index in [1.54, 1.807) is 6.92 Å². The molecule has 9 nitrogen and oxygen atoms in total. The van der Waals surface area contributed by atoms with E-state index in [1.807, 2.05) is 29.2 Å². The van der Waals surface area contributed by atoms with E-state index in [-0.39, 0.29) is 18.0 Å². The zero-order valence-electron chi connectivity index (χ0n) is 15.0. The van der Waals surface area contributed by atoms with Gasteiger partial charge in [0.15, 0.2) is 5.58 Å². The van der Waals surface area contributed by atoms with Crippen LogP contribution in [0.1, 0.15) is 17.3 Å². The summed E-state index contributed by atoms with van der Waals surface area (Å²) < 4.78 is 10.8. The number of esters is 1. The molecule has 2 aromatic heterocycles. The number of nitrogens with zero attached hydrogens (tertiary/aromatic N) is 5. The lowest BCUT2D eigenvalue weighted by Crippen LogP contribution is -2.47. The number of benzene rings is 1. The van der Waals surface area contributed by atoms with Crippen LogP contribution in [0.25, 0.3) is 11.1 Å². The highest BCUT2D eigenvalue weighted by atomic mass is 16.5. The number of hydrogen-bond acceptors (Lipinski definition) is 9. The predicted octanol–water partition coefficient (Wildman–Crippen LogP) is 1.70. The average Bonchev–Trinajstić information content (AvgIpc) is 3.12. The Morgan fingerprint density at radius 3 is 2.63 bits per heavy atom. The Bertz CT molecular complexity index is 932. The fourth-order valence-electron chi connectivity index (χ4n) is 3.00.